The molecule has 3 aromatic rings. The summed E-state index contributed by atoms with van der Waals surface area (Å²) in [7, 11) is 1.66. The molecule has 0 saturated heterocycles. The highest BCUT2D eigenvalue weighted by atomic mass is 35.5. The number of rotatable bonds is 10. The zero-order chi connectivity index (χ0) is 18.9. The molecule has 0 unspecified atom stereocenters. The van der Waals surface area contributed by atoms with Crippen LogP contribution >= 0.6 is 24.8 Å². The number of carbonyl (C=O) groups is 1. The first kappa shape index (κ1) is 24.7. The average molecular weight is 441 g/mol. The fourth-order valence-corrected chi connectivity index (χ4v) is 2.61. The van der Waals surface area contributed by atoms with E-state index in [2.05, 4.69) is 15.6 Å². The molecule has 0 radical (unpaired) electrons. The monoisotopic (exact) mass is 440 g/mol. The number of aromatic nitrogens is 2. The number of pyridine rings is 1. The van der Waals surface area contributed by atoms with E-state index in [9.17, 15) is 4.79 Å². The van der Waals surface area contributed by atoms with E-state index < -0.39 is 0 Å². The highest BCUT2D eigenvalue weighted by molar-refractivity contribution is 5.94. The number of imidazole rings is 1. The molecule has 0 aliphatic rings. The van der Waals surface area contributed by atoms with Crippen molar-refractivity contribution in [2.45, 2.75) is 6.61 Å². The summed E-state index contributed by atoms with van der Waals surface area (Å²) in [6.07, 6.45) is 3.88. The van der Waals surface area contributed by atoms with E-state index in [0.29, 0.717) is 37.6 Å². The Labute approximate surface area is 182 Å². The number of ether oxygens (including phenoxy) is 2. The van der Waals surface area contributed by atoms with Gasteiger partial charge in [0.05, 0.1) is 12.3 Å². The normalized spacial score (nSPS) is 10.1. The minimum Gasteiger partial charge on any atom is -0.487 e. The van der Waals surface area contributed by atoms with Gasteiger partial charge in [0, 0.05) is 44.7 Å². The molecule has 0 spiro atoms. The van der Waals surface area contributed by atoms with E-state index in [1.165, 1.54) is 0 Å². The van der Waals surface area contributed by atoms with Gasteiger partial charge in [-0.05, 0) is 30.3 Å². The average Bonchev–Trinajstić information content (AvgIpc) is 3.12. The van der Waals surface area contributed by atoms with Gasteiger partial charge >= 0.3 is 0 Å². The van der Waals surface area contributed by atoms with E-state index in [1.807, 2.05) is 47.1 Å². The minimum absolute atomic E-state index is 0. The Kier molecular flexibility index (Phi) is 11.1. The third kappa shape index (κ3) is 7.55. The summed E-state index contributed by atoms with van der Waals surface area (Å²) >= 11 is 0. The molecule has 2 aromatic heterocycles. The van der Waals surface area contributed by atoms with E-state index in [1.54, 1.807) is 19.2 Å². The largest absolute Gasteiger partial charge is 0.487 e. The van der Waals surface area contributed by atoms with E-state index >= 15 is 0 Å². The van der Waals surface area contributed by atoms with E-state index in [0.717, 1.165) is 17.9 Å². The summed E-state index contributed by atoms with van der Waals surface area (Å²) < 4.78 is 12.7. The predicted octanol–water partition coefficient (Wildman–Crippen LogP) is 2.72. The van der Waals surface area contributed by atoms with Crippen molar-refractivity contribution in [2.24, 2.45) is 0 Å². The molecule has 1 amide bonds. The fraction of sp³-hybridized carbons (Fsp3) is 0.300. The van der Waals surface area contributed by atoms with E-state index in [4.69, 9.17) is 9.47 Å². The summed E-state index contributed by atoms with van der Waals surface area (Å²) in [5.41, 5.74) is 2.28. The smallest absolute Gasteiger partial charge is 0.251 e. The number of hydrogen-bond donors (Lipinski definition) is 2. The predicted molar refractivity (Wildman–Crippen MR) is 118 cm³/mol. The van der Waals surface area contributed by atoms with Crippen LogP contribution in [0.2, 0.25) is 0 Å². The Hall–Kier alpha value is -2.32. The van der Waals surface area contributed by atoms with Crippen molar-refractivity contribution in [3.63, 3.8) is 0 Å². The Balaban J connectivity index is 0.00000210. The quantitative estimate of drug-likeness (QED) is 0.474. The van der Waals surface area contributed by atoms with Crippen LogP contribution in [0.3, 0.4) is 0 Å². The molecule has 7 nitrogen and oxygen atoms in total. The Morgan fingerprint density at radius 2 is 1.97 bits per heavy atom. The number of fused-ring (bicyclic) bond motifs is 1. The second-order valence-electron chi connectivity index (χ2n) is 6.01. The lowest BCUT2D eigenvalue weighted by Crippen LogP contribution is -2.33. The topological polar surface area (TPSA) is 76.9 Å². The Morgan fingerprint density at radius 3 is 2.76 bits per heavy atom. The molecule has 2 heterocycles. The molecule has 1 aromatic carbocycles. The second-order valence-corrected chi connectivity index (χ2v) is 6.01. The SMILES string of the molecule is COCCNCCNC(=O)c1cccc(OCc2cn3ccccc3n2)c1.Cl.Cl. The van der Waals surface area contributed by atoms with Crippen LogP contribution in [0.5, 0.6) is 5.75 Å². The van der Waals surface area contributed by atoms with Gasteiger partial charge in [0.1, 0.15) is 18.0 Å². The Bertz CT molecular complexity index is 856. The van der Waals surface area contributed by atoms with Crippen molar-refractivity contribution in [1.82, 2.24) is 20.0 Å². The van der Waals surface area contributed by atoms with Gasteiger partial charge in [-0.15, -0.1) is 24.8 Å². The van der Waals surface area contributed by atoms with Crippen LogP contribution in [-0.2, 0) is 11.3 Å². The number of methoxy groups -OCH3 is 1. The van der Waals surface area contributed by atoms with Gasteiger partial charge in [0.15, 0.2) is 0 Å². The zero-order valence-electron chi connectivity index (χ0n) is 16.2. The van der Waals surface area contributed by atoms with Crippen LogP contribution in [-0.4, -0.2) is 48.6 Å². The lowest BCUT2D eigenvalue weighted by atomic mass is 10.2. The van der Waals surface area contributed by atoms with Crippen molar-refractivity contribution in [2.75, 3.05) is 33.4 Å². The van der Waals surface area contributed by atoms with Crippen LogP contribution < -0.4 is 15.4 Å². The number of nitrogens with zero attached hydrogens (tertiary/aromatic N) is 2. The van der Waals surface area contributed by atoms with Gasteiger partial charge in [-0.1, -0.05) is 12.1 Å². The highest BCUT2D eigenvalue weighted by Crippen LogP contribution is 2.15. The van der Waals surface area contributed by atoms with Crippen molar-refractivity contribution in [1.29, 1.82) is 0 Å². The molecule has 0 saturated carbocycles. The van der Waals surface area contributed by atoms with Crippen LogP contribution in [0.1, 0.15) is 16.1 Å². The number of hydrogen-bond acceptors (Lipinski definition) is 5. The van der Waals surface area contributed by atoms with E-state index in [-0.39, 0.29) is 30.7 Å². The molecule has 0 aliphatic carbocycles. The van der Waals surface area contributed by atoms with Crippen LogP contribution in [0.4, 0.5) is 0 Å². The molecule has 0 aliphatic heterocycles. The fourth-order valence-electron chi connectivity index (χ4n) is 2.61. The van der Waals surface area contributed by atoms with Crippen LogP contribution in [0, 0.1) is 0 Å². The number of benzene rings is 1. The summed E-state index contributed by atoms with van der Waals surface area (Å²) in [5.74, 6) is 0.514. The summed E-state index contributed by atoms with van der Waals surface area (Å²) in [5, 5.41) is 6.06. The maximum atomic E-state index is 12.2. The molecule has 0 fully saturated rings. The molecular weight excluding hydrogens is 415 g/mol. The summed E-state index contributed by atoms with van der Waals surface area (Å²) in [6, 6.07) is 13.0. The van der Waals surface area contributed by atoms with Crippen LogP contribution in [0.25, 0.3) is 5.65 Å². The Morgan fingerprint density at radius 1 is 1.10 bits per heavy atom. The van der Waals surface area contributed by atoms with Crippen molar-refractivity contribution in [3.8, 4) is 5.75 Å². The van der Waals surface area contributed by atoms with Crippen molar-refractivity contribution < 1.29 is 14.3 Å². The van der Waals surface area contributed by atoms with Gasteiger partial charge < -0.3 is 24.5 Å². The number of halogens is 2. The van der Waals surface area contributed by atoms with Crippen molar-refractivity contribution >= 4 is 36.4 Å². The maximum Gasteiger partial charge on any atom is 0.251 e. The highest BCUT2D eigenvalue weighted by Gasteiger charge is 2.07. The lowest BCUT2D eigenvalue weighted by Gasteiger charge is -2.08. The summed E-state index contributed by atoms with van der Waals surface area (Å²) in [4.78, 5) is 16.7. The number of carbonyl (C=O) groups excluding carboxylic acids is 1. The third-order valence-corrected chi connectivity index (χ3v) is 3.97. The molecule has 0 atom stereocenters. The van der Waals surface area contributed by atoms with Gasteiger partial charge in [-0.2, -0.15) is 0 Å². The molecule has 2 N–H and O–H groups in total. The third-order valence-electron chi connectivity index (χ3n) is 3.97. The molecule has 29 heavy (non-hydrogen) atoms. The first-order valence-corrected chi connectivity index (χ1v) is 8.89. The molecule has 0 bridgehead atoms. The number of amides is 1. The maximum absolute atomic E-state index is 12.2. The van der Waals surface area contributed by atoms with Gasteiger partial charge in [0.25, 0.3) is 5.91 Å². The van der Waals surface area contributed by atoms with Gasteiger partial charge in [0.2, 0.25) is 0 Å². The van der Waals surface area contributed by atoms with Gasteiger partial charge in [-0.25, -0.2) is 4.98 Å². The lowest BCUT2D eigenvalue weighted by molar-refractivity contribution is 0.0953. The first-order chi connectivity index (χ1) is 13.3. The first-order valence-electron chi connectivity index (χ1n) is 8.89. The molecule has 9 heteroatoms. The minimum atomic E-state index is -0.123. The molecular formula is C20H26Cl2N4O3. The van der Waals surface area contributed by atoms with Crippen LogP contribution in [0.15, 0.2) is 54.9 Å². The molecule has 158 valence electrons. The summed E-state index contributed by atoms with van der Waals surface area (Å²) in [6.45, 7) is 3.00. The zero-order valence-corrected chi connectivity index (χ0v) is 17.8. The standard InChI is InChI=1S/C20H24N4O3.2ClH/c1-26-12-10-21-8-9-22-20(25)16-5-4-6-18(13-16)27-15-17-14-24-11-3-2-7-19(24)23-17;;/h2-7,11,13-14,21H,8-10,12,15H2,1H3,(H,22,25);2*1H. The number of nitrogens with one attached hydrogen (secondary N) is 2. The van der Waals surface area contributed by atoms with Gasteiger partial charge in [-0.3, -0.25) is 4.79 Å². The second kappa shape index (κ2) is 13.0. The molecule has 3 rings (SSSR count). The van der Waals surface area contributed by atoms with Crippen molar-refractivity contribution in [3.05, 3.63) is 66.1 Å².